The summed E-state index contributed by atoms with van der Waals surface area (Å²) in [6.07, 6.45) is 0. The summed E-state index contributed by atoms with van der Waals surface area (Å²) in [7, 11) is 0. The molecule has 12 heavy (non-hydrogen) atoms. The van der Waals surface area contributed by atoms with Crippen molar-refractivity contribution in [1.29, 1.82) is 0 Å². The van der Waals surface area contributed by atoms with Gasteiger partial charge in [-0.3, -0.25) is 0 Å². The molecule has 0 saturated heterocycles. The Balaban J connectivity index is 2.55. The van der Waals surface area contributed by atoms with E-state index in [1.807, 2.05) is 0 Å². The van der Waals surface area contributed by atoms with E-state index in [1.54, 1.807) is 0 Å². The summed E-state index contributed by atoms with van der Waals surface area (Å²) in [4.78, 5) is 0. The Labute approximate surface area is 76.9 Å². The first kappa shape index (κ1) is 8.15. The van der Waals surface area contributed by atoms with Gasteiger partial charge in [0.15, 0.2) is 0 Å². The predicted molar refractivity (Wildman–Crippen MR) is 49.8 cm³/mol. The van der Waals surface area contributed by atoms with Gasteiger partial charge in [0.25, 0.3) is 0 Å². The number of fused-ring (bicyclic) bond motifs is 1. The quantitative estimate of drug-likeness (QED) is 0.619. The second-order valence-electron chi connectivity index (χ2n) is 3.43. The van der Waals surface area contributed by atoms with Crippen LogP contribution in [0.25, 0.3) is 0 Å². The van der Waals surface area contributed by atoms with Gasteiger partial charge in [0.2, 0.25) is 0 Å². The fourth-order valence-corrected chi connectivity index (χ4v) is 4.40. The van der Waals surface area contributed by atoms with Crippen molar-refractivity contribution in [2.45, 2.75) is 24.5 Å². The molecular weight excluding hydrogens is 215 g/mol. The van der Waals surface area contributed by atoms with Gasteiger partial charge < -0.3 is 0 Å². The molecule has 0 N–H and O–H groups in total. The molecule has 1 heterocycles. The van der Waals surface area contributed by atoms with Crippen LogP contribution in [-0.4, -0.2) is 13.8 Å². The molecule has 2 rings (SSSR count). The van der Waals surface area contributed by atoms with Gasteiger partial charge in [-0.05, 0) is 0 Å². The summed E-state index contributed by atoms with van der Waals surface area (Å²) in [6, 6.07) is 4.40. The average Bonchev–Trinajstić information content (AvgIpc) is 2.30. The Kier molecular flexibility index (Phi) is 1.90. The van der Waals surface area contributed by atoms with Crippen LogP contribution in [0.1, 0.15) is 22.3 Å². The van der Waals surface area contributed by atoms with Crippen molar-refractivity contribution in [3.63, 3.8) is 0 Å². The maximum atomic E-state index is 11.3. The minimum atomic E-state index is -1.50. The van der Waals surface area contributed by atoms with E-state index in [1.165, 1.54) is 22.3 Å². The molecule has 1 aliphatic heterocycles. The van der Waals surface area contributed by atoms with Crippen molar-refractivity contribution in [1.82, 2.24) is 0 Å². The topological polar surface area (TPSA) is 17.1 Å². The van der Waals surface area contributed by atoms with Crippen LogP contribution in [-0.2, 0) is 14.5 Å². The second kappa shape index (κ2) is 2.79. The van der Waals surface area contributed by atoms with Crippen LogP contribution < -0.4 is 0 Å². The molecule has 0 saturated carbocycles. The van der Waals surface area contributed by atoms with E-state index in [9.17, 15) is 3.83 Å². The first-order valence-corrected chi connectivity index (χ1v) is 7.23. The molecule has 0 fully saturated rings. The van der Waals surface area contributed by atoms with Gasteiger partial charge in [0.1, 0.15) is 0 Å². The first-order valence-electron chi connectivity index (χ1n) is 4.11. The van der Waals surface area contributed by atoms with E-state index in [4.69, 9.17) is 0 Å². The van der Waals surface area contributed by atoms with Gasteiger partial charge in [-0.1, -0.05) is 0 Å². The molecule has 1 aromatic rings. The van der Waals surface area contributed by atoms with Gasteiger partial charge in [0, 0.05) is 0 Å². The molecule has 64 valence electrons. The van der Waals surface area contributed by atoms with Crippen molar-refractivity contribution in [3.8, 4) is 0 Å². The fraction of sp³-hybridized carbons (Fsp3) is 0.400. The minimum absolute atomic E-state index is 0.858. The van der Waals surface area contributed by atoms with Crippen molar-refractivity contribution in [2.24, 2.45) is 0 Å². The van der Waals surface area contributed by atoms with E-state index < -0.39 is 13.8 Å². The van der Waals surface area contributed by atoms with Gasteiger partial charge >= 0.3 is 76.5 Å². The van der Waals surface area contributed by atoms with Crippen LogP contribution in [0.3, 0.4) is 0 Å². The van der Waals surface area contributed by atoms with Crippen molar-refractivity contribution in [3.05, 3.63) is 34.4 Å². The van der Waals surface area contributed by atoms with E-state index in [0.717, 1.165) is 10.6 Å². The van der Waals surface area contributed by atoms with Gasteiger partial charge in [-0.2, -0.15) is 0 Å². The monoisotopic (exact) mass is 228 g/mol. The summed E-state index contributed by atoms with van der Waals surface area (Å²) in [6.45, 7) is 4.24. The molecule has 0 bridgehead atoms. The zero-order valence-electron chi connectivity index (χ0n) is 7.39. The summed E-state index contributed by atoms with van der Waals surface area (Å²) < 4.78 is 11.3. The summed E-state index contributed by atoms with van der Waals surface area (Å²) in [5.74, 6) is 0. The van der Waals surface area contributed by atoms with E-state index in [0.29, 0.717) is 0 Å². The normalized spacial score (nSPS) is 16.5. The molecule has 1 aliphatic rings. The van der Waals surface area contributed by atoms with Gasteiger partial charge in [-0.15, -0.1) is 0 Å². The zero-order valence-corrected chi connectivity index (χ0v) is 9.10. The Bertz CT molecular complexity index is 322. The third kappa shape index (κ3) is 1.26. The van der Waals surface area contributed by atoms with Crippen LogP contribution in [0, 0.1) is 13.8 Å². The molecule has 0 amide bonds. The molecule has 0 atom stereocenters. The average molecular weight is 227 g/mol. The number of hydrogen-bond acceptors (Lipinski definition) is 1. The molecule has 2 heteroatoms. The molecule has 1 aromatic carbocycles. The van der Waals surface area contributed by atoms with Crippen LogP contribution in [0.2, 0.25) is 0 Å². The second-order valence-corrected chi connectivity index (χ2v) is 6.49. The molecule has 0 spiro atoms. The van der Waals surface area contributed by atoms with Crippen molar-refractivity contribution in [2.75, 3.05) is 0 Å². The number of aryl methyl sites for hydroxylation is 2. The molecular formula is C10H12OSe. The Morgan fingerprint density at radius 2 is 1.50 bits per heavy atom. The van der Waals surface area contributed by atoms with Crippen molar-refractivity contribution >= 4 is 13.8 Å². The molecule has 0 unspecified atom stereocenters. The Hall–Kier alpha value is -0.461. The summed E-state index contributed by atoms with van der Waals surface area (Å²) in [5, 5.41) is 1.72. The Morgan fingerprint density at radius 1 is 1.08 bits per heavy atom. The first-order chi connectivity index (χ1) is 5.66. The van der Waals surface area contributed by atoms with Crippen LogP contribution in [0.15, 0.2) is 12.1 Å². The maximum absolute atomic E-state index is 11.3. The number of rotatable bonds is 0. The van der Waals surface area contributed by atoms with Crippen LogP contribution in [0.5, 0.6) is 0 Å². The van der Waals surface area contributed by atoms with Gasteiger partial charge in [0.05, 0.1) is 0 Å². The number of hydrogen-bond donors (Lipinski definition) is 0. The number of benzene rings is 1. The van der Waals surface area contributed by atoms with E-state index in [-0.39, 0.29) is 0 Å². The van der Waals surface area contributed by atoms with Crippen LogP contribution >= 0.6 is 0 Å². The molecule has 0 aromatic heterocycles. The fourth-order valence-electron chi connectivity index (χ4n) is 1.60. The predicted octanol–water partition coefficient (Wildman–Crippen LogP) is 1.90. The third-order valence-corrected chi connectivity index (χ3v) is 5.10. The SMILES string of the molecule is Cc1cc2c(cc1C)C[Se](=O)C2. The Morgan fingerprint density at radius 3 is 1.92 bits per heavy atom. The standard InChI is InChI=1S/C10H12OSe/c1-7-3-9-5-12(11)6-10(9)4-8(7)2/h3-4H,5-6H2,1-2H3. The molecule has 1 nitrogen and oxygen atoms in total. The van der Waals surface area contributed by atoms with E-state index >= 15 is 0 Å². The molecule has 0 radical (unpaired) electrons. The summed E-state index contributed by atoms with van der Waals surface area (Å²) in [5.41, 5.74) is 5.32. The van der Waals surface area contributed by atoms with Crippen molar-refractivity contribution < 1.29 is 3.83 Å². The van der Waals surface area contributed by atoms with E-state index in [2.05, 4.69) is 26.0 Å². The summed E-state index contributed by atoms with van der Waals surface area (Å²) >= 11 is -1.50. The van der Waals surface area contributed by atoms with Gasteiger partial charge in [-0.25, -0.2) is 0 Å². The molecule has 0 aliphatic carbocycles. The van der Waals surface area contributed by atoms with Crippen LogP contribution in [0.4, 0.5) is 0 Å². The zero-order chi connectivity index (χ0) is 8.72. The third-order valence-electron chi connectivity index (χ3n) is 2.45.